The molecule has 0 heterocycles. The van der Waals surface area contributed by atoms with Gasteiger partial charge in [0.1, 0.15) is 0 Å². The summed E-state index contributed by atoms with van der Waals surface area (Å²) in [5.74, 6) is -0.0477. The lowest BCUT2D eigenvalue weighted by molar-refractivity contribution is -0.143. The van der Waals surface area contributed by atoms with Gasteiger partial charge in [-0.05, 0) is 57.8 Å². The molecule has 78 heavy (non-hydrogen) atoms. The third kappa shape index (κ3) is 63.5. The van der Waals surface area contributed by atoms with Crippen LogP contribution in [0.1, 0.15) is 399 Å². The number of aliphatic hydroxyl groups is 2. The molecule has 0 saturated carbocycles. The number of rotatable bonds is 67. The Hall–Kier alpha value is -1.66. The monoisotopic (exact) mass is 1100 g/mol. The molecule has 0 spiro atoms. The molecule has 0 aliphatic carbocycles. The van der Waals surface area contributed by atoms with E-state index in [2.05, 4.69) is 31.3 Å². The van der Waals surface area contributed by atoms with Crippen molar-refractivity contribution in [2.45, 2.75) is 411 Å². The highest BCUT2D eigenvalue weighted by molar-refractivity contribution is 5.76. The molecule has 2 unspecified atom stereocenters. The van der Waals surface area contributed by atoms with Gasteiger partial charge in [0.15, 0.2) is 0 Å². The molecule has 0 fully saturated rings. The van der Waals surface area contributed by atoms with Crippen LogP contribution in [0.25, 0.3) is 0 Å². The molecule has 0 aromatic rings. The third-order valence-corrected chi connectivity index (χ3v) is 16.7. The summed E-state index contributed by atoms with van der Waals surface area (Å²) in [4.78, 5) is 24.6. The van der Waals surface area contributed by atoms with E-state index in [1.165, 1.54) is 334 Å². The van der Waals surface area contributed by atoms with Gasteiger partial charge in [-0.25, -0.2) is 0 Å². The molecule has 0 saturated heterocycles. The number of esters is 1. The largest absolute Gasteiger partial charge is 0.466 e. The normalized spacial score (nSPS) is 12.6. The predicted octanol–water partition coefficient (Wildman–Crippen LogP) is 22.9. The summed E-state index contributed by atoms with van der Waals surface area (Å²) in [5, 5.41) is 23.2. The van der Waals surface area contributed by atoms with Crippen LogP contribution in [0.3, 0.4) is 0 Å². The minimum absolute atomic E-state index is 0.0191. The quantitative estimate of drug-likeness (QED) is 0.0320. The fraction of sp³-hybridized carbons (Fsp3) is 0.917. The van der Waals surface area contributed by atoms with Gasteiger partial charge < -0.3 is 20.3 Å². The standard InChI is InChI=1S/C72H139NO5/c1-3-5-7-9-11-13-15-17-19-21-34-38-42-46-50-54-58-62-66-72(77)78-67-63-59-55-51-47-43-39-35-31-29-27-25-23-22-24-26-28-30-33-37-41-45-49-53-57-61-65-71(76)73-69(68-74)70(75)64-60-56-52-48-44-40-36-32-20-18-16-14-12-10-8-6-4-2/h22,24,60,64,69-70,74-75H,3-21,23,25-59,61-63,65-68H2,1-2H3,(H,73,76)/b24-22-,64-60+. The van der Waals surface area contributed by atoms with Crippen LogP contribution in [0.5, 0.6) is 0 Å². The second-order valence-electron chi connectivity index (χ2n) is 24.6. The lowest BCUT2D eigenvalue weighted by atomic mass is 10.0. The van der Waals surface area contributed by atoms with Crippen LogP contribution in [-0.4, -0.2) is 47.4 Å². The zero-order valence-corrected chi connectivity index (χ0v) is 52.9. The Labute approximate surface area is 488 Å². The third-order valence-electron chi connectivity index (χ3n) is 16.7. The van der Waals surface area contributed by atoms with Gasteiger partial charge in [0.25, 0.3) is 0 Å². The van der Waals surface area contributed by atoms with Gasteiger partial charge in [0.05, 0.1) is 25.4 Å². The second kappa shape index (κ2) is 67.8. The molecule has 3 N–H and O–H groups in total. The Balaban J connectivity index is 3.39. The number of carbonyl (C=O) groups excluding carboxylic acids is 2. The highest BCUT2D eigenvalue weighted by Crippen LogP contribution is 2.19. The first-order chi connectivity index (χ1) is 38.5. The van der Waals surface area contributed by atoms with Gasteiger partial charge in [0.2, 0.25) is 5.91 Å². The molecule has 462 valence electrons. The predicted molar refractivity (Wildman–Crippen MR) is 343 cm³/mol. The number of hydrogen-bond acceptors (Lipinski definition) is 5. The molecular formula is C72H139NO5. The molecule has 0 rings (SSSR count). The van der Waals surface area contributed by atoms with E-state index in [1.807, 2.05) is 6.08 Å². The Morgan fingerprint density at radius 3 is 0.910 bits per heavy atom. The zero-order chi connectivity index (χ0) is 56.4. The van der Waals surface area contributed by atoms with Crippen LogP contribution in [0, 0.1) is 0 Å². The minimum atomic E-state index is -0.846. The van der Waals surface area contributed by atoms with Gasteiger partial charge in [-0.2, -0.15) is 0 Å². The molecule has 0 aliphatic heterocycles. The first-order valence-electron chi connectivity index (χ1n) is 35.6. The van der Waals surface area contributed by atoms with E-state index in [0.29, 0.717) is 19.4 Å². The lowest BCUT2D eigenvalue weighted by Gasteiger charge is -2.20. The molecule has 0 bridgehead atoms. The molecule has 2 atom stereocenters. The molecular weight excluding hydrogens is 959 g/mol. The van der Waals surface area contributed by atoms with Gasteiger partial charge in [-0.3, -0.25) is 9.59 Å². The van der Waals surface area contributed by atoms with E-state index in [4.69, 9.17) is 4.74 Å². The van der Waals surface area contributed by atoms with E-state index >= 15 is 0 Å². The van der Waals surface area contributed by atoms with Crippen LogP contribution >= 0.6 is 0 Å². The van der Waals surface area contributed by atoms with Crippen molar-refractivity contribution in [1.29, 1.82) is 0 Å². The number of nitrogens with one attached hydrogen (secondary N) is 1. The minimum Gasteiger partial charge on any atom is -0.466 e. The van der Waals surface area contributed by atoms with Crippen molar-refractivity contribution in [3.8, 4) is 0 Å². The number of carbonyl (C=O) groups is 2. The Bertz CT molecular complexity index is 1220. The van der Waals surface area contributed by atoms with Gasteiger partial charge in [0, 0.05) is 12.8 Å². The maximum Gasteiger partial charge on any atom is 0.305 e. The summed E-state index contributed by atoms with van der Waals surface area (Å²) in [5.41, 5.74) is 0. The van der Waals surface area contributed by atoms with E-state index in [-0.39, 0.29) is 18.5 Å². The fourth-order valence-electron chi connectivity index (χ4n) is 11.3. The maximum absolute atomic E-state index is 12.5. The smallest absolute Gasteiger partial charge is 0.305 e. The lowest BCUT2D eigenvalue weighted by Crippen LogP contribution is -2.45. The zero-order valence-electron chi connectivity index (χ0n) is 52.9. The number of hydrogen-bond donors (Lipinski definition) is 3. The van der Waals surface area contributed by atoms with Crippen LogP contribution in [-0.2, 0) is 14.3 Å². The average Bonchev–Trinajstić information content (AvgIpc) is 3.44. The molecule has 1 amide bonds. The summed E-state index contributed by atoms with van der Waals surface area (Å²) in [6.07, 6.45) is 85.4. The van der Waals surface area contributed by atoms with Crippen molar-refractivity contribution in [2.75, 3.05) is 13.2 Å². The van der Waals surface area contributed by atoms with Crippen molar-refractivity contribution in [3.05, 3.63) is 24.3 Å². The van der Waals surface area contributed by atoms with E-state index in [1.54, 1.807) is 6.08 Å². The molecule has 0 radical (unpaired) electrons. The topological polar surface area (TPSA) is 95.9 Å². The summed E-state index contributed by atoms with van der Waals surface area (Å²) in [6.45, 7) is 4.94. The molecule has 6 heteroatoms. The number of allylic oxidation sites excluding steroid dienone is 3. The van der Waals surface area contributed by atoms with Crippen LogP contribution in [0.2, 0.25) is 0 Å². The number of aliphatic hydroxyl groups excluding tert-OH is 2. The SMILES string of the molecule is CCCCCCCCCCCCCCCCC/C=C/C(O)C(CO)NC(=O)CCCCCCCCCCCC/C=C\CCCCCCCCCCCCCCOC(=O)CCCCCCCCCCCCCCCCCCCC. The van der Waals surface area contributed by atoms with Crippen molar-refractivity contribution >= 4 is 11.9 Å². The van der Waals surface area contributed by atoms with Crippen LogP contribution in [0.4, 0.5) is 0 Å². The highest BCUT2D eigenvalue weighted by atomic mass is 16.5. The van der Waals surface area contributed by atoms with Crippen molar-refractivity contribution in [1.82, 2.24) is 5.32 Å². The fourth-order valence-corrected chi connectivity index (χ4v) is 11.3. The second-order valence-corrected chi connectivity index (χ2v) is 24.6. The van der Waals surface area contributed by atoms with Crippen molar-refractivity contribution in [2.24, 2.45) is 0 Å². The van der Waals surface area contributed by atoms with Gasteiger partial charge in [-0.1, -0.05) is 353 Å². The van der Waals surface area contributed by atoms with Crippen LogP contribution < -0.4 is 5.32 Å². The van der Waals surface area contributed by atoms with Crippen molar-refractivity contribution in [3.63, 3.8) is 0 Å². The maximum atomic E-state index is 12.5. The first kappa shape index (κ1) is 76.3. The Morgan fingerprint density at radius 2 is 0.603 bits per heavy atom. The number of amides is 1. The molecule has 0 aromatic heterocycles. The van der Waals surface area contributed by atoms with Crippen molar-refractivity contribution < 1.29 is 24.5 Å². The Morgan fingerprint density at radius 1 is 0.346 bits per heavy atom. The molecule has 6 nitrogen and oxygen atoms in total. The summed E-state index contributed by atoms with van der Waals surface area (Å²) < 4.78 is 5.51. The molecule has 0 aromatic carbocycles. The summed E-state index contributed by atoms with van der Waals surface area (Å²) >= 11 is 0. The first-order valence-corrected chi connectivity index (χ1v) is 35.6. The van der Waals surface area contributed by atoms with Crippen LogP contribution in [0.15, 0.2) is 24.3 Å². The molecule has 0 aliphatic rings. The van der Waals surface area contributed by atoms with E-state index in [0.717, 1.165) is 38.5 Å². The highest BCUT2D eigenvalue weighted by Gasteiger charge is 2.18. The van der Waals surface area contributed by atoms with Gasteiger partial charge in [-0.15, -0.1) is 0 Å². The summed E-state index contributed by atoms with van der Waals surface area (Å²) in [6, 6.07) is -0.629. The summed E-state index contributed by atoms with van der Waals surface area (Å²) in [7, 11) is 0. The average molecular weight is 1100 g/mol. The number of ether oxygens (including phenoxy) is 1. The van der Waals surface area contributed by atoms with E-state index < -0.39 is 12.1 Å². The number of unbranched alkanes of at least 4 members (excludes halogenated alkanes) is 54. The van der Waals surface area contributed by atoms with E-state index in [9.17, 15) is 19.8 Å². The van der Waals surface area contributed by atoms with Gasteiger partial charge >= 0.3 is 5.97 Å². The Kier molecular flexibility index (Phi) is 66.4.